The lowest BCUT2D eigenvalue weighted by molar-refractivity contribution is 0.311. The number of aromatic nitrogens is 3. The van der Waals surface area contributed by atoms with Crippen molar-refractivity contribution in [1.82, 2.24) is 14.9 Å². The number of anilines is 1. The molecular weight excluding hydrogens is 168 g/mol. The molecule has 74 valence electrons. The molecular formula is C7H16N6. The summed E-state index contributed by atoms with van der Waals surface area (Å²) >= 11 is 0. The van der Waals surface area contributed by atoms with E-state index in [-0.39, 0.29) is 17.4 Å². The average Bonchev–Trinajstić information content (AvgIpc) is 2.30. The van der Waals surface area contributed by atoms with E-state index >= 15 is 0 Å². The zero-order valence-corrected chi connectivity index (χ0v) is 8.15. The van der Waals surface area contributed by atoms with Crippen LogP contribution in [0.15, 0.2) is 0 Å². The van der Waals surface area contributed by atoms with Crippen LogP contribution in [0.1, 0.15) is 32.6 Å². The standard InChI is InChI=1S/C7H16N6/c1-7(2,3)4(8)5-11-12-6(9)13(5)10/h4H,8,10H2,1-3H3,(H2,9,12)/t4-/m1/s1. The molecule has 1 heterocycles. The van der Waals surface area contributed by atoms with Crippen LogP contribution in [-0.4, -0.2) is 14.9 Å². The van der Waals surface area contributed by atoms with Crippen LogP contribution in [0.25, 0.3) is 0 Å². The van der Waals surface area contributed by atoms with Crippen LogP contribution < -0.4 is 17.3 Å². The van der Waals surface area contributed by atoms with Gasteiger partial charge in [-0.25, -0.2) is 4.68 Å². The second-order valence-electron chi connectivity index (χ2n) is 4.13. The molecule has 1 atom stereocenters. The van der Waals surface area contributed by atoms with Gasteiger partial charge < -0.3 is 17.3 Å². The van der Waals surface area contributed by atoms with E-state index in [1.165, 1.54) is 4.68 Å². The van der Waals surface area contributed by atoms with Gasteiger partial charge in [-0.05, 0) is 5.41 Å². The minimum atomic E-state index is -0.276. The predicted molar refractivity (Wildman–Crippen MR) is 51.0 cm³/mol. The Kier molecular flexibility index (Phi) is 2.17. The van der Waals surface area contributed by atoms with E-state index in [0.29, 0.717) is 5.82 Å². The quantitative estimate of drug-likeness (QED) is 0.515. The van der Waals surface area contributed by atoms with Gasteiger partial charge in [-0.1, -0.05) is 20.8 Å². The van der Waals surface area contributed by atoms with Crippen LogP contribution in [0.3, 0.4) is 0 Å². The third kappa shape index (κ3) is 1.72. The second-order valence-corrected chi connectivity index (χ2v) is 4.13. The van der Waals surface area contributed by atoms with E-state index in [1.807, 2.05) is 20.8 Å². The molecule has 0 bridgehead atoms. The second kappa shape index (κ2) is 2.88. The molecule has 0 aliphatic heterocycles. The fourth-order valence-electron chi connectivity index (χ4n) is 0.916. The molecule has 0 amide bonds. The van der Waals surface area contributed by atoms with Gasteiger partial charge in [-0.3, -0.25) is 0 Å². The summed E-state index contributed by atoms with van der Waals surface area (Å²) < 4.78 is 1.22. The maximum atomic E-state index is 5.93. The summed E-state index contributed by atoms with van der Waals surface area (Å²) in [5.74, 6) is 6.27. The molecule has 0 spiro atoms. The molecule has 0 saturated carbocycles. The van der Waals surface area contributed by atoms with E-state index in [2.05, 4.69) is 10.2 Å². The molecule has 0 fully saturated rings. The molecule has 0 aliphatic rings. The van der Waals surface area contributed by atoms with Gasteiger partial charge in [-0.15, -0.1) is 10.2 Å². The third-order valence-corrected chi connectivity index (χ3v) is 1.96. The van der Waals surface area contributed by atoms with Crippen molar-refractivity contribution in [3.8, 4) is 0 Å². The molecule has 6 N–H and O–H groups in total. The Bertz CT molecular complexity index is 296. The Morgan fingerprint density at radius 2 is 1.85 bits per heavy atom. The van der Waals surface area contributed by atoms with Crippen molar-refractivity contribution in [2.45, 2.75) is 26.8 Å². The van der Waals surface area contributed by atoms with Crippen molar-refractivity contribution in [2.75, 3.05) is 11.6 Å². The van der Waals surface area contributed by atoms with Gasteiger partial charge in [0.2, 0.25) is 5.95 Å². The lowest BCUT2D eigenvalue weighted by atomic mass is 9.87. The predicted octanol–water partition coefficient (Wildman–Crippen LogP) is -0.380. The summed E-state index contributed by atoms with van der Waals surface area (Å²) in [5, 5.41) is 7.46. The molecule has 6 heteroatoms. The highest BCUT2D eigenvalue weighted by Crippen LogP contribution is 2.28. The van der Waals surface area contributed by atoms with Gasteiger partial charge >= 0.3 is 0 Å². The third-order valence-electron chi connectivity index (χ3n) is 1.96. The van der Waals surface area contributed by atoms with Crippen molar-refractivity contribution < 1.29 is 0 Å². The molecule has 1 rings (SSSR count). The van der Waals surface area contributed by atoms with Crippen LogP contribution in [0.2, 0.25) is 0 Å². The lowest BCUT2D eigenvalue weighted by Crippen LogP contribution is -2.31. The average molecular weight is 184 g/mol. The molecule has 1 aromatic rings. The van der Waals surface area contributed by atoms with E-state index in [9.17, 15) is 0 Å². The summed E-state index contributed by atoms with van der Waals surface area (Å²) in [7, 11) is 0. The Hall–Kier alpha value is -1.30. The SMILES string of the molecule is CC(C)(C)[C@H](N)c1nnc(N)n1N. The van der Waals surface area contributed by atoms with Crippen molar-refractivity contribution >= 4 is 5.95 Å². The monoisotopic (exact) mass is 184 g/mol. The fourth-order valence-corrected chi connectivity index (χ4v) is 0.916. The first-order chi connectivity index (χ1) is 5.84. The Balaban J connectivity index is 3.02. The topological polar surface area (TPSA) is 109 Å². The van der Waals surface area contributed by atoms with Crippen molar-refractivity contribution in [1.29, 1.82) is 0 Å². The molecule has 0 radical (unpaired) electrons. The number of nitrogens with zero attached hydrogens (tertiary/aromatic N) is 3. The highest BCUT2D eigenvalue weighted by Gasteiger charge is 2.27. The molecule has 0 aliphatic carbocycles. The van der Waals surface area contributed by atoms with Crippen molar-refractivity contribution in [3.63, 3.8) is 0 Å². The van der Waals surface area contributed by atoms with E-state index in [4.69, 9.17) is 17.3 Å². The van der Waals surface area contributed by atoms with E-state index in [0.717, 1.165) is 0 Å². The van der Waals surface area contributed by atoms with Gasteiger partial charge in [0.25, 0.3) is 0 Å². The number of rotatable bonds is 1. The maximum absolute atomic E-state index is 5.93. The number of nitrogen functional groups attached to an aromatic ring is 2. The van der Waals surface area contributed by atoms with Crippen molar-refractivity contribution in [3.05, 3.63) is 5.82 Å². The number of nitrogens with two attached hydrogens (primary N) is 3. The summed E-state index contributed by atoms with van der Waals surface area (Å²) in [6.45, 7) is 6.01. The summed E-state index contributed by atoms with van der Waals surface area (Å²) in [5.41, 5.74) is 11.2. The van der Waals surface area contributed by atoms with Gasteiger partial charge in [0, 0.05) is 0 Å². The Labute approximate surface area is 77.1 Å². The van der Waals surface area contributed by atoms with Crippen LogP contribution in [0.5, 0.6) is 0 Å². The fraction of sp³-hybridized carbons (Fsp3) is 0.714. The Morgan fingerprint density at radius 1 is 1.31 bits per heavy atom. The van der Waals surface area contributed by atoms with Crippen LogP contribution >= 0.6 is 0 Å². The molecule has 0 saturated heterocycles. The molecule has 1 aromatic heterocycles. The maximum Gasteiger partial charge on any atom is 0.240 e. The van der Waals surface area contributed by atoms with Gasteiger partial charge in [-0.2, -0.15) is 0 Å². The largest absolute Gasteiger partial charge is 0.366 e. The van der Waals surface area contributed by atoms with Gasteiger partial charge in [0.15, 0.2) is 5.82 Å². The van der Waals surface area contributed by atoms with Gasteiger partial charge in [0.1, 0.15) is 0 Å². The van der Waals surface area contributed by atoms with E-state index in [1.54, 1.807) is 0 Å². The zero-order valence-electron chi connectivity index (χ0n) is 8.15. The number of hydrogen-bond acceptors (Lipinski definition) is 5. The summed E-state index contributed by atoms with van der Waals surface area (Å²) in [6.07, 6.45) is 0. The lowest BCUT2D eigenvalue weighted by Gasteiger charge is -2.25. The van der Waals surface area contributed by atoms with Gasteiger partial charge in [0.05, 0.1) is 6.04 Å². The summed E-state index contributed by atoms with van der Waals surface area (Å²) in [6, 6.07) is -0.276. The minimum absolute atomic E-state index is 0.114. The summed E-state index contributed by atoms with van der Waals surface area (Å²) in [4.78, 5) is 0. The molecule has 6 nitrogen and oxygen atoms in total. The molecule has 0 aromatic carbocycles. The minimum Gasteiger partial charge on any atom is -0.366 e. The molecule has 0 unspecified atom stereocenters. The zero-order chi connectivity index (χ0) is 10.2. The van der Waals surface area contributed by atoms with E-state index < -0.39 is 0 Å². The van der Waals surface area contributed by atoms with Crippen LogP contribution in [0.4, 0.5) is 5.95 Å². The first-order valence-corrected chi connectivity index (χ1v) is 4.05. The highest BCUT2D eigenvalue weighted by molar-refractivity contribution is 5.19. The number of hydrogen-bond donors (Lipinski definition) is 3. The normalized spacial score (nSPS) is 14.5. The first kappa shape index (κ1) is 9.79. The van der Waals surface area contributed by atoms with Crippen molar-refractivity contribution in [2.24, 2.45) is 11.1 Å². The van der Waals surface area contributed by atoms with Crippen LogP contribution in [0, 0.1) is 5.41 Å². The van der Waals surface area contributed by atoms with Crippen LogP contribution in [-0.2, 0) is 0 Å². The smallest absolute Gasteiger partial charge is 0.240 e. The first-order valence-electron chi connectivity index (χ1n) is 4.05. The Morgan fingerprint density at radius 3 is 2.15 bits per heavy atom. The highest BCUT2D eigenvalue weighted by atomic mass is 15.4. The molecule has 13 heavy (non-hydrogen) atoms.